The highest BCUT2D eigenvalue weighted by Crippen LogP contribution is 2.30. The minimum atomic E-state index is -3.59. The van der Waals surface area contributed by atoms with Gasteiger partial charge in [0.25, 0.3) is 0 Å². The predicted octanol–water partition coefficient (Wildman–Crippen LogP) is 1.55. The third kappa shape index (κ3) is 2.97. The molecule has 0 spiro atoms. The third-order valence-electron chi connectivity index (χ3n) is 5.10. The van der Waals surface area contributed by atoms with E-state index in [0.717, 1.165) is 24.2 Å². The average molecular weight is 371 g/mol. The Morgan fingerprint density at radius 2 is 1.88 bits per heavy atom. The Bertz CT molecular complexity index is 972. The lowest BCUT2D eigenvalue weighted by atomic mass is 10.2. The maximum Gasteiger partial charge on any atom is 0.240 e. The maximum atomic E-state index is 12.6. The Morgan fingerprint density at radius 3 is 2.73 bits per heavy atom. The largest absolute Gasteiger partial charge is 0.370 e. The van der Waals surface area contributed by atoms with Crippen LogP contribution in [0.4, 0.5) is 11.4 Å². The highest BCUT2D eigenvalue weighted by atomic mass is 32.2. The molecule has 2 aliphatic rings. The topological polar surface area (TPSA) is 69.7 Å². The fourth-order valence-electron chi connectivity index (χ4n) is 3.65. The highest BCUT2D eigenvalue weighted by molar-refractivity contribution is 7.89. The van der Waals surface area contributed by atoms with E-state index in [4.69, 9.17) is 0 Å². The van der Waals surface area contributed by atoms with Crippen LogP contribution in [-0.4, -0.2) is 41.0 Å². The number of nitrogens with zero attached hydrogens (tertiary/aromatic N) is 2. The minimum absolute atomic E-state index is 0.0183. The molecule has 136 valence electrons. The van der Waals surface area contributed by atoms with Gasteiger partial charge in [0.2, 0.25) is 15.9 Å². The Kier molecular flexibility index (Phi) is 4.20. The molecule has 0 aromatic heterocycles. The summed E-state index contributed by atoms with van der Waals surface area (Å²) in [6.07, 6.45) is 1.25. The molecule has 2 heterocycles. The number of benzene rings is 2. The van der Waals surface area contributed by atoms with Crippen LogP contribution in [0, 0.1) is 0 Å². The molecule has 6 nitrogen and oxygen atoms in total. The lowest BCUT2D eigenvalue weighted by Gasteiger charge is -2.19. The van der Waals surface area contributed by atoms with E-state index >= 15 is 0 Å². The van der Waals surface area contributed by atoms with Crippen LogP contribution in [0.15, 0.2) is 47.4 Å². The molecule has 0 saturated carbocycles. The summed E-state index contributed by atoms with van der Waals surface area (Å²) in [6.45, 7) is 1.88. The van der Waals surface area contributed by atoms with Crippen molar-refractivity contribution in [1.29, 1.82) is 0 Å². The number of hydrogen-bond donors (Lipinski definition) is 1. The number of likely N-dealkylation sites (N-methyl/N-ethyl adjacent to an activating group) is 1. The van der Waals surface area contributed by atoms with Crippen molar-refractivity contribution in [1.82, 2.24) is 4.72 Å². The summed E-state index contributed by atoms with van der Waals surface area (Å²) in [6, 6.07) is 13.1. The van der Waals surface area contributed by atoms with Crippen LogP contribution >= 0.6 is 0 Å². The molecular weight excluding hydrogens is 350 g/mol. The van der Waals surface area contributed by atoms with Crippen LogP contribution < -0.4 is 14.5 Å². The van der Waals surface area contributed by atoms with E-state index in [2.05, 4.69) is 21.8 Å². The van der Waals surface area contributed by atoms with Gasteiger partial charge in [-0.25, -0.2) is 13.1 Å². The molecule has 2 aromatic carbocycles. The Hall–Kier alpha value is -2.38. The van der Waals surface area contributed by atoms with Crippen LogP contribution in [0.1, 0.15) is 11.1 Å². The number of amides is 1. The van der Waals surface area contributed by atoms with Crippen molar-refractivity contribution >= 4 is 27.3 Å². The summed E-state index contributed by atoms with van der Waals surface area (Å²) >= 11 is 0. The molecule has 0 fully saturated rings. The summed E-state index contributed by atoms with van der Waals surface area (Å²) in [5.41, 5.74) is 4.03. The molecule has 7 heteroatoms. The molecule has 0 radical (unpaired) electrons. The van der Waals surface area contributed by atoms with Crippen molar-refractivity contribution in [2.75, 3.05) is 36.5 Å². The zero-order chi connectivity index (χ0) is 18.3. The third-order valence-corrected chi connectivity index (χ3v) is 6.55. The zero-order valence-electron chi connectivity index (χ0n) is 14.6. The number of fused-ring (bicyclic) bond motifs is 2. The number of sulfonamides is 1. The number of rotatable bonds is 5. The molecule has 0 aliphatic carbocycles. The summed E-state index contributed by atoms with van der Waals surface area (Å²) in [4.78, 5) is 15.7. The van der Waals surface area contributed by atoms with E-state index < -0.39 is 10.0 Å². The van der Waals surface area contributed by atoms with Gasteiger partial charge >= 0.3 is 0 Å². The van der Waals surface area contributed by atoms with Crippen LogP contribution in [0.5, 0.6) is 0 Å². The first-order chi connectivity index (χ1) is 12.5. The van der Waals surface area contributed by atoms with E-state index in [1.165, 1.54) is 11.3 Å². The van der Waals surface area contributed by atoms with Crippen molar-refractivity contribution in [3.63, 3.8) is 0 Å². The average Bonchev–Trinajstić information content (AvgIpc) is 3.16. The van der Waals surface area contributed by atoms with E-state index in [1.807, 2.05) is 12.1 Å². The van der Waals surface area contributed by atoms with Crippen LogP contribution in [0.3, 0.4) is 0 Å². The lowest BCUT2D eigenvalue weighted by molar-refractivity contribution is -0.117. The lowest BCUT2D eigenvalue weighted by Crippen LogP contribution is -2.34. The van der Waals surface area contributed by atoms with E-state index in [0.29, 0.717) is 13.1 Å². The van der Waals surface area contributed by atoms with E-state index in [9.17, 15) is 13.2 Å². The van der Waals surface area contributed by atoms with Crippen LogP contribution in [0.25, 0.3) is 0 Å². The first kappa shape index (κ1) is 17.1. The number of anilines is 2. The van der Waals surface area contributed by atoms with Crippen molar-refractivity contribution in [3.8, 4) is 0 Å². The first-order valence-corrected chi connectivity index (χ1v) is 10.2. The second-order valence-electron chi connectivity index (χ2n) is 6.68. The van der Waals surface area contributed by atoms with E-state index in [-0.39, 0.29) is 17.2 Å². The van der Waals surface area contributed by atoms with E-state index in [1.54, 1.807) is 30.1 Å². The SMILES string of the molecule is CN1C(=O)Cc2cc(S(=O)(=O)NCCN3CCc4ccccc43)ccc21. The van der Waals surface area contributed by atoms with Gasteiger partial charge in [0.05, 0.1) is 11.3 Å². The number of para-hydroxylation sites is 1. The van der Waals surface area contributed by atoms with Crippen LogP contribution in [0.2, 0.25) is 0 Å². The summed E-state index contributed by atoms with van der Waals surface area (Å²) in [5, 5.41) is 0. The molecule has 0 atom stereocenters. The molecular formula is C19H21N3O3S. The van der Waals surface area contributed by atoms with Crippen molar-refractivity contribution in [3.05, 3.63) is 53.6 Å². The Labute approximate surface area is 153 Å². The van der Waals surface area contributed by atoms with Crippen molar-refractivity contribution in [2.45, 2.75) is 17.7 Å². The molecule has 0 bridgehead atoms. The van der Waals surface area contributed by atoms with Crippen LogP contribution in [-0.2, 0) is 27.7 Å². The smallest absolute Gasteiger partial charge is 0.240 e. The highest BCUT2D eigenvalue weighted by Gasteiger charge is 2.26. The first-order valence-electron chi connectivity index (χ1n) is 8.68. The summed E-state index contributed by atoms with van der Waals surface area (Å²) in [5.74, 6) is -0.0183. The molecule has 1 amide bonds. The van der Waals surface area contributed by atoms with Gasteiger partial charge in [-0.1, -0.05) is 18.2 Å². The number of carbonyl (C=O) groups is 1. The van der Waals surface area contributed by atoms with Crippen molar-refractivity contribution < 1.29 is 13.2 Å². The van der Waals surface area contributed by atoms with Gasteiger partial charge in [-0.3, -0.25) is 4.79 Å². The van der Waals surface area contributed by atoms with Crippen molar-refractivity contribution in [2.24, 2.45) is 0 Å². The summed E-state index contributed by atoms with van der Waals surface area (Å²) < 4.78 is 27.9. The fourth-order valence-corrected chi connectivity index (χ4v) is 4.72. The number of hydrogen-bond acceptors (Lipinski definition) is 4. The number of carbonyl (C=O) groups excluding carboxylic acids is 1. The summed E-state index contributed by atoms with van der Waals surface area (Å²) in [7, 11) is -1.89. The van der Waals surface area contributed by atoms with Gasteiger partial charge in [-0.15, -0.1) is 0 Å². The molecule has 2 aromatic rings. The van der Waals surface area contributed by atoms with Gasteiger partial charge < -0.3 is 9.80 Å². The molecule has 4 rings (SSSR count). The normalized spacial score (nSPS) is 16.1. The molecule has 0 saturated heterocycles. The maximum absolute atomic E-state index is 12.6. The van der Waals surface area contributed by atoms with Gasteiger partial charge in [-0.05, 0) is 41.8 Å². The van der Waals surface area contributed by atoms with Gasteiger partial charge in [-0.2, -0.15) is 0 Å². The van der Waals surface area contributed by atoms with Gasteiger partial charge in [0, 0.05) is 38.1 Å². The second-order valence-corrected chi connectivity index (χ2v) is 8.45. The predicted molar refractivity (Wildman–Crippen MR) is 101 cm³/mol. The number of nitrogens with one attached hydrogen (secondary N) is 1. The molecule has 26 heavy (non-hydrogen) atoms. The molecule has 1 N–H and O–H groups in total. The molecule has 0 unspecified atom stereocenters. The van der Waals surface area contributed by atoms with Gasteiger partial charge in [0.15, 0.2) is 0 Å². The minimum Gasteiger partial charge on any atom is -0.370 e. The van der Waals surface area contributed by atoms with Gasteiger partial charge in [0.1, 0.15) is 0 Å². The molecule has 2 aliphatic heterocycles. The quantitative estimate of drug-likeness (QED) is 0.866. The fraction of sp³-hybridized carbons (Fsp3) is 0.316. The Balaban J connectivity index is 1.43. The monoisotopic (exact) mass is 371 g/mol. The standard InChI is InChI=1S/C19H21N3O3S/c1-21-17-7-6-16(12-15(17)13-19(21)23)26(24,25)20-9-11-22-10-8-14-4-2-3-5-18(14)22/h2-7,12,20H,8-11,13H2,1H3. The zero-order valence-corrected chi connectivity index (χ0v) is 15.4. The Morgan fingerprint density at radius 1 is 1.08 bits per heavy atom. The second kappa shape index (κ2) is 6.41.